The second kappa shape index (κ2) is 5.28. The van der Waals surface area contributed by atoms with Gasteiger partial charge in [0.2, 0.25) is 0 Å². The van der Waals surface area contributed by atoms with Gasteiger partial charge in [-0.3, -0.25) is 4.79 Å². The van der Waals surface area contributed by atoms with Crippen molar-refractivity contribution >= 4 is 12.1 Å². The SMILES string of the molecule is C[C@H]1C[C@@H]2[C@H](CC[C@@]3(C)[C@H]2CC[C@]3(C)O)[C@]2(C=O)C1=CC(=O)C[C@@H]2C. The Morgan fingerprint density at radius 3 is 2.52 bits per heavy atom. The van der Waals surface area contributed by atoms with Crippen molar-refractivity contribution in [1.82, 2.24) is 0 Å². The third kappa shape index (κ3) is 2.02. The van der Waals surface area contributed by atoms with Crippen molar-refractivity contribution in [2.24, 2.45) is 40.4 Å². The molecule has 138 valence electrons. The first-order valence-corrected chi connectivity index (χ1v) is 10.1. The van der Waals surface area contributed by atoms with Gasteiger partial charge in [-0.2, -0.15) is 0 Å². The number of carbonyl (C=O) groups excluding carboxylic acids is 2. The number of fused-ring (bicyclic) bond motifs is 5. The van der Waals surface area contributed by atoms with Crippen molar-refractivity contribution in [1.29, 1.82) is 0 Å². The number of rotatable bonds is 1. The fourth-order valence-electron chi connectivity index (χ4n) is 7.52. The minimum absolute atomic E-state index is 0.0348. The molecule has 0 heterocycles. The van der Waals surface area contributed by atoms with E-state index in [9.17, 15) is 14.7 Å². The van der Waals surface area contributed by atoms with Crippen molar-refractivity contribution in [3.8, 4) is 0 Å². The summed E-state index contributed by atoms with van der Waals surface area (Å²) in [7, 11) is 0. The standard InChI is InChI=1S/C22H32O3/c1-13-9-16-17-6-8-21(4,25)20(17,3)7-5-18(16)22(12-23)14(2)10-15(24)11-19(13)22/h11-14,16-18,25H,5-10H2,1-4H3/t13-,14-,16-,17-,18-,20-,21-,22+/m0/s1. The van der Waals surface area contributed by atoms with Gasteiger partial charge in [-0.05, 0) is 80.1 Å². The van der Waals surface area contributed by atoms with Crippen LogP contribution in [-0.2, 0) is 9.59 Å². The van der Waals surface area contributed by atoms with Crippen LogP contribution in [0, 0.1) is 40.4 Å². The van der Waals surface area contributed by atoms with E-state index in [0.29, 0.717) is 24.2 Å². The van der Waals surface area contributed by atoms with E-state index in [4.69, 9.17) is 0 Å². The van der Waals surface area contributed by atoms with Crippen LogP contribution < -0.4 is 0 Å². The lowest BCUT2D eigenvalue weighted by Gasteiger charge is -2.60. The normalized spacial score (nSPS) is 55.0. The molecule has 0 spiro atoms. The van der Waals surface area contributed by atoms with Crippen molar-refractivity contribution in [2.75, 3.05) is 0 Å². The molecule has 0 saturated heterocycles. The van der Waals surface area contributed by atoms with Gasteiger partial charge in [-0.25, -0.2) is 0 Å². The van der Waals surface area contributed by atoms with E-state index in [2.05, 4.69) is 20.8 Å². The van der Waals surface area contributed by atoms with Crippen molar-refractivity contribution in [3.63, 3.8) is 0 Å². The average molecular weight is 344 g/mol. The molecule has 1 N–H and O–H groups in total. The molecular formula is C22H32O3. The Morgan fingerprint density at radius 2 is 1.84 bits per heavy atom. The number of hydrogen-bond acceptors (Lipinski definition) is 3. The van der Waals surface area contributed by atoms with Crippen LogP contribution >= 0.6 is 0 Å². The molecule has 0 bridgehead atoms. The zero-order chi connectivity index (χ0) is 18.2. The molecule has 0 aliphatic heterocycles. The van der Waals surface area contributed by atoms with Gasteiger partial charge >= 0.3 is 0 Å². The number of aldehydes is 1. The lowest BCUT2D eigenvalue weighted by molar-refractivity contribution is -0.146. The molecule has 4 aliphatic carbocycles. The summed E-state index contributed by atoms with van der Waals surface area (Å²) in [5.41, 5.74) is 0.0320. The van der Waals surface area contributed by atoms with E-state index >= 15 is 0 Å². The average Bonchev–Trinajstić information content (AvgIpc) is 2.78. The van der Waals surface area contributed by atoms with Crippen molar-refractivity contribution < 1.29 is 14.7 Å². The Kier molecular flexibility index (Phi) is 3.69. The predicted molar refractivity (Wildman–Crippen MR) is 96.8 cm³/mol. The van der Waals surface area contributed by atoms with Crippen LogP contribution in [-0.4, -0.2) is 22.8 Å². The summed E-state index contributed by atoms with van der Waals surface area (Å²) in [5.74, 6) is 1.88. The first-order chi connectivity index (χ1) is 11.7. The Balaban J connectivity index is 1.81. The van der Waals surface area contributed by atoms with E-state index in [1.165, 1.54) is 6.29 Å². The van der Waals surface area contributed by atoms with E-state index in [1.807, 2.05) is 13.0 Å². The molecule has 0 unspecified atom stereocenters. The van der Waals surface area contributed by atoms with Crippen LogP contribution in [0.4, 0.5) is 0 Å². The predicted octanol–water partition coefficient (Wildman–Crippen LogP) is 3.94. The first-order valence-electron chi connectivity index (χ1n) is 10.1. The highest BCUT2D eigenvalue weighted by atomic mass is 16.3. The maximum absolute atomic E-state index is 12.5. The fourth-order valence-corrected chi connectivity index (χ4v) is 7.52. The highest BCUT2D eigenvalue weighted by molar-refractivity contribution is 5.94. The van der Waals surface area contributed by atoms with E-state index in [-0.39, 0.29) is 23.0 Å². The number of ketones is 1. The van der Waals surface area contributed by atoms with E-state index < -0.39 is 11.0 Å². The maximum atomic E-state index is 12.5. The molecule has 3 heteroatoms. The molecule has 4 aliphatic rings. The Morgan fingerprint density at radius 1 is 1.16 bits per heavy atom. The quantitative estimate of drug-likeness (QED) is 0.733. The summed E-state index contributed by atoms with van der Waals surface area (Å²) in [4.78, 5) is 24.7. The van der Waals surface area contributed by atoms with Gasteiger partial charge in [0.15, 0.2) is 5.78 Å². The molecule has 8 atom stereocenters. The largest absolute Gasteiger partial charge is 0.390 e. The molecule has 0 aromatic rings. The minimum Gasteiger partial charge on any atom is -0.390 e. The zero-order valence-electron chi connectivity index (χ0n) is 16.0. The topological polar surface area (TPSA) is 54.4 Å². The van der Waals surface area contributed by atoms with Gasteiger partial charge in [-0.1, -0.05) is 26.3 Å². The third-order valence-electron chi connectivity index (χ3n) is 9.10. The summed E-state index contributed by atoms with van der Waals surface area (Å²) >= 11 is 0. The molecule has 0 amide bonds. The van der Waals surface area contributed by atoms with E-state index in [1.54, 1.807) is 0 Å². The maximum Gasteiger partial charge on any atom is 0.156 e. The minimum atomic E-state index is -0.593. The van der Waals surface area contributed by atoms with Crippen LogP contribution in [0.2, 0.25) is 0 Å². The first kappa shape index (κ1) is 17.5. The van der Waals surface area contributed by atoms with Gasteiger partial charge in [0.1, 0.15) is 6.29 Å². The third-order valence-corrected chi connectivity index (χ3v) is 9.10. The molecule has 3 saturated carbocycles. The smallest absolute Gasteiger partial charge is 0.156 e. The zero-order valence-corrected chi connectivity index (χ0v) is 16.0. The number of carbonyl (C=O) groups is 2. The highest BCUT2D eigenvalue weighted by Gasteiger charge is 2.65. The van der Waals surface area contributed by atoms with Crippen molar-refractivity contribution in [2.45, 2.75) is 71.8 Å². The lowest BCUT2D eigenvalue weighted by atomic mass is 9.43. The Hall–Kier alpha value is -0.960. The molecule has 0 aromatic heterocycles. The number of aliphatic hydroxyl groups is 1. The summed E-state index contributed by atoms with van der Waals surface area (Å²) in [6, 6.07) is 0. The second-order valence-corrected chi connectivity index (χ2v) is 10.0. The van der Waals surface area contributed by atoms with Gasteiger partial charge in [0.05, 0.1) is 11.0 Å². The van der Waals surface area contributed by atoms with Crippen LogP contribution in [0.25, 0.3) is 0 Å². The molecule has 3 fully saturated rings. The Labute approximate surface area is 151 Å². The van der Waals surface area contributed by atoms with E-state index in [0.717, 1.165) is 37.7 Å². The lowest BCUT2D eigenvalue weighted by Crippen LogP contribution is -2.58. The van der Waals surface area contributed by atoms with Crippen LogP contribution in [0.1, 0.15) is 66.2 Å². The highest BCUT2D eigenvalue weighted by Crippen LogP contribution is 2.68. The summed E-state index contributed by atoms with van der Waals surface area (Å²) in [6.07, 6.45) is 8.50. The summed E-state index contributed by atoms with van der Waals surface area (Å²) < 4.78 is 0. The monoisotopic (exact) mass is 344 g/mol. The van der Waals surface area contributed by atoms with Gasteiger partial charge in [0, 0.05) is 6.42 Å². The Bertz CT molecular complexity index is 648. The van der Waals surface area contributed by atoms with Crippen molar-refractivity contribution in [3.05, 3.63) is 11.6 Å². The van der Waals surface area contributed by atoms with Gasteiger partial charge in [0.25, 0.3) is 0 Å². The molecule has 3 nitrogen and oxygen atoms in total. The summed E-state index contributed by atoms with van der Waals surface area (Å²) in [5, 5.41) is 11.0. The molecule has 4 rings (SSSR count). The molecule has 0 aromatic carbocycles. The number of hydrogen-bond donors (Lipinski definition) is 1. The molecule has 0 radical (unpaired) electrons. The van der Waals surface area contributed by atoms with Gasteiger partial charge < -0.3 is 9.90 Å². The fraction of sp³-hybridized carbons (Fsp3) is 0.818. The molecular weight excluding hydrogens is 312 g/mol. The van der Waals surface area contributed by atoms with Crippen LogP contribution in [0.5, 0.6) is 0 Å². The molecule has 25 heavy (non-hydrogen) atoms. The second-order valence-electron chi connectivity index (χ2n) is 10.0. The van der Waals surface area contributed by atoms with Gasteiger partial charge in [-0.15, -0.1) is 0 Å². The van der Waals surface area contributed by atoms with Crippen LogP contribution in [0.15, 0.2) is 11.6 Å². The van der Waals surface area contributed by atoms with Crippen LogP contribution in [0.3, 0.4) is 0 Å². The summed E-state index contributed by atoms with van der Waals surface area (Å²) in [6.45, 7) is 8.60. The number of allylic oxidation sites excluding steroid dienone is 1.